The molecule has 0 aliphatic heterocycles. The van der Waals surface area contributed by atoms with Crippen molar-refractivity contribution in [3.8, 4) is 0 Å². The number of nitrogen functional groups attached to an aromatic ring is 1. The molecule has 0 aliphatic rings. The molecule has 0 saturated carbocycles. The smallest absolute Gasteiger partial charge is 0.336 e. The second kappa shape index (κ2) is 6.05. The molecule has 1 heterocycles. The quantitative estimate of drug-likeness (QED) is 0.623. The third-order valence-corrected chi connectivity index (χ3v) is 3.79. The minimum Gasteiger partial charge on any atom is -0.368 e. The first-order valence-electron chi connectivity index (χ1n) is 5.16. The number of halogens is 1. The van der Waals surface area contributed by atoms with Crippen molar-refractivity contribution in [1.29, 1.82) is 0 Å². The van der Waals surface area contributed by atoms with Gasteiger partial charge in [-0.2, -0.15) is 9.37 Å². The molecule has 0 saturated heterocycles. The van der Waals surface area contributed by atoms with Crippen molar-refractivity contribution in [1.82, 2.24) is 9.97 Å². The van der Waals surface area contributed by atoms with Gasteiger partial charge in [0, 0.05) is 6.07 Å². The highest BCUT2D eigenvalue weighted by Crippen LogP contribution is 2.50. The molecule has 0 fully saturated rings. The maximum atomic E-state index is 13.0. The summed E-state index contributed by atoms with van der Waals surface area (Å²) in [4.78, 5) is 7.06. The summed E-state index contributed by atoms with van der Waals surface area (Å²) in [6, 6.07) is 1.06. The van der Waals surface area contributed by atoms with Crippen LogP contribution in [0.15, 0.2) is 6.07 Å². The van der Waals surface area contributed by atoms with Crippen molar-refractivity contribution in [2.75, 3.05) is 18.9 Å². The van der Waals surface area contributed by atoms with E-state index in [0.29, 0.717) is 0 Å². The molecule has 17 heavy (non-hydrogen) atoms. The van der Waals surface area contributed by atoms with Crippen molar-refractivity contribution in [3.05, 3.63) is 17.7 Å². The van der Waals surface area contributed by atoms with Gasteiger partial charge < -0.3 is 14.8 Å². The maximum absolute atomic E-state index is 13.0. The Bertz CT molecular complexity index is 400. The Hall–Kier alpha value is -1.04. The molecule has 1 aromatic rings. The molecule has 0 unspecified atom stereocenters. The SMILES string of the molecule is CCOP(=O)(Cc1cc(F)nc(N)n1)OCC. The molecule has 1 rings (SSSR count). The van der Waals surface area contributed by atoms with Gasteiger partial charge in [0.25, 0.3) is 0 Å². The lowest BCUT2D eigenvalue weighted by Crippen LogP contribution is -2.04. The molecule has 0 amide bonds. The average Bonchev–Trinajstić information content (AvgIpc) is 2.15. The second-order valence-electron chi connectivity index (χ2n) is 3.14. The zero-order valence-corrected chi connectivity index (χ0v) is 10.6. The molecular weight excluding hydrogens is 248 g/mol. The summed E-state index contributed by atoms with van der Waals surface area (Å²) in [6.07, 6.45) is -0.127. The Morgan fingerprint density at radius 3 is 2.41 bits per heavy atom. The molecule has 0 atom stereocenters. The molecule has 0 aromatic carbocycles. The van der Waals surface area contributed by atoms with E-state index in [2.05, 4.69) is 9.97 Å². The highest BCUT2D eigenvalue weighted by molar-refractivity contribution is 7.53. The van der Waals surface area contributed by atoms with Gasteiger partial charge in [0.05, 0.1) is 25.1 Å². The Labute approximate surface area is 98.9 Å². The molecule has 1 aromatic heterocycles. The number of nitrogens with two attached hydrogens (primary N) is 1. The standard InChI is InChI=1S/C9H15FN3O3P/c1-3-15-17(14,16-4-2)6-7-5-8(10)13-9(11)12-7/h5H,3-4,6H2,1-2H3,(H2,11,12,13). The third kappa shape index (κ3) is 4.38. The lowest BCUT2D eigenvalue weighted by Gasteiger charge is -2.16. The number of anilines is 1. The van der Waals surface area contributed by atoms with Crippen LogP contribution in [-0.4, -0.2) is 23.2 Å². The van der Waals surface area contributed by atoms with Gasteiger partial charge in [-0.05, 0) is 13.8 Å². The number of hydrogen-bond donors (Lipinski definition) is 1. The molecule has 2 N–H and O–H groups in total. The Morgan fingerprint density at radius 1 is 1.35 bits per heavy atom. The number of nitrogens with zero attached hydrogens (tertiary/aromatic N) is 2. The van der Waals surface area contributed by atoms with Crippen LogP contribution < -0.4 is 5.73 Å². The van der Waals surface area contributed by atoms with E-state index in [0.717, 1.165) is 6.07 Å². The van der Waals surface area contributed by atoms with Gasteiger partial charge in [-0.3, -0.25) is 4.57 Å². The van der Waals surface area contributed by atoms with E-state index in [9.17, 15) is 8.96 Å². The molecular formula is C9H15FN3O3P. The fraction of sp³-hybridized carbons (Fsp3) is 0.556. The van der Waals surface area contributed by atoms with Gasteiger partial charge in [0.2, 0.25) is 11.9 Å². The molecule has 0 aliphatic carbocycles. The third-order valence-electron chi connectivity index (χ3n) is 1.77. The summed E-state index contributed by atoms with van der Waals surface area (Å²) in [7, 11) is -3.29. The van der Waals surface area contributed by atoms with Crippen LogP contribution in [0.3, 0.4) is 0 Å². The van der Waals surface area contributed by atoms with Crippen LogP contribution in [0.4, 0.5) is 10.3 Å². The first-order chi connectivity index (χ1) is 7.99. The number of aromatic nitrogens is 2. The molecule has 0 spiro atoms. The van der Waals surface area contributed by atoms with Crippen LogP contribution in [0.5, 0.6) is 0 Å². The number of rotatable bonds is 6. The summed E-state index contributed by atoms with van der Waals surface area (Å²) < 4.78 is 35.2. The second-order valence-corrected chi connectivity index (χ2v) is 5.20. The predicted molar refractivity (Wildman–Crippen MR) is 61.0 cm³/mol. The Balaban J connectivity index is 2.89. The van der Waals surface area contributed by atoms with Gasteiger partial charge in [-0.15, -0.1) is 0 Å². The first kappa shape index (κ1) is 14.0. The highest BCUT2D eigenvalue weighted by atomic mass is 31.2. The van der Waals surface area contributed by atoms with E-state index in [1.807, 2.05) is 0 Å². The van der Waals surface area contributed by atoms with Gasteiger partial charge in [-0.25, -0.2) is 4.98 Å². The summed E-state index contributed by atoms with van der Waals surface area (Å²) in [5.74, 6) is -0.980. The number of hydrogen-bond acceptors (Lipinski definition) is 6. The van der Waals surface area contributed by atoms with Crippen molar-refractivity contribution < 1.29 is 18.0 Å². The van der Waals surface area contributed by atoms with Gasteiger partial charge in [0.15, 0.2) is 0 Å². The first-order valence-corrected chi connectivity index (χ1v) is 6.89. The van der Waals surface area contributed by atoms with Crippen molar-refractivity contribution in [3.63, 3.8) is 0 Å². The van der Waals surface area contributed by atoms with Crippen molar-refractivity contribution >= 4 is 13.5 Å². The Kier molecular flexibility index (Phi) is 4.99. The van der Waals surface area contributed by atoms with Crippen LogP contribution >= 0.6 is 7.60 Å². The van der Waals surface area contributed by atoms with Gasteiger partial charge >= 0.3 is 7.60 Å². The molecule has 8 heteroatoms. The van der Waals surface area contributed by atoms with Crippen LogP contribution in [0, 0.1) is 5.95 Å². The van der Waals surface area contributed by atoms with Crippen LogP contribution in [-0.2, 0) is 19.8 Å². The summed E-state index contributed by atoms with van der Waals surface area (Å²) in [5.41, 5.74) is 5.49. The fourth-order valence-electron chi connectivity index (χ4n) is 1.28. The topological polar surface area (TPSA) is 87.3 Å². The van der Waals surface area contributed by atoms with Crippen molar-refractivity contribution in [2.45, 2.75) is 20.0 Å². The normalized spacial score (nSPS) is 11.7. The lowest BCUT2D eigenvalue weighted by molar-refractivity contribution is 0.219. The minimum atomic E-state index is -3.29. The monoisotopic (exact) mass is 263 g/mol. The molecule has 0 bridgehead atoms. The van der Waals surface area contributed by atoms with Crippen LogP contribution in [0.1, 0.15) is 19.5 Å². The largest absolute Gasteiger partial charge is 0.368 e. The minimum absolute atomic E-state index is 0.127. The average molecular weight is 263 g/mol. The van der Waals surface area contributed by atoms with Crippen LogP contribution in [0.2, 0.25) is 0 Å². The van der Waals surface area contributed by atoms with E-state index in [1.165, 1.54) is 0 Å². The van der Waals surface area contributed by atoms with E-state index in [-0.39, 0.29) is 31.0 Å². The summed E-state index contributed by atoms with van der Waals surface area (Å²) in [6.45, 7) is 3.86. The summed E-state index contributed by atoms with van der Waals surface area (Å²) in [5, 5.41) is 0. The van der Waals surface area contributed by atoms with E-state index < -0.39 is 13.5 Å². The lowest BCUT2D eigenvalue weighted by atomic mass is 10.4. The van der Waals surface area contributed by atoms with Gasteiger partial charge in [-0.1, -0.05) is 0 Å². The fourth-order valence-corrected chi connectivity index (χ4v) is 2.89. The zero-order chi connectivity index (χ0) is 12.9. The van der Waals surface area contributed by atoms with Crippen LogP contribution in [0.25, 0.3) is 0 Å². The zero-order valence-electron chi connectivity index (χ0n) is 9.72. The van der Waals surface area contributed by atoms with E-state index in [4.69, 9.17) is 14.8 Å². The predicted octanol–water partition coefficient (Wildman–Crippen LogP) is 1.96. The van der Waals surface area contributed by atoms with E-state index in [1.54, 1.807) is 13.8 Å². The van der Waals surface area contributed by atoms with Gasteiger partial charge in [0.1, 0.15) is 0 Å². The Morgan fingerprint density at radius 2 is 1.94 bits per heavy atom. The molecule has 6 nitrogen and oxygen atoms in total. The molecule has 96 valence electrons. The maximum Gasteiger partial charge on any atom is 0.336 e. The summed E-state index contributed by atoms with van der Waals surface area (Å²) >= 11 is 0. The molecule has 0 radical (unpaired) electrons. The highest BCUT2D eigenvalue weighted by Gasteiger charge is 2.25. The van der Waals surface area contributed by atoms with E-state index >= 15 is 0 Å². The van der Waals surface area contributed by atoms with Crippen molar-refractivity contribution in [2.24, 2.45) is 0 Å².